The monoisotopic (exact) mass is 1230 g/mol. The molecule has 2 amide bonds. The van der Waals surface area contributed by atoms with Crippen LogP contribution in [0.2, 0.25) is 20.1 Å². The van der Waals surface area contributed by atoms with Gasteiger partial charge in [-0.05, 0) is 105 Å². The number of benzene rings is 4. The number of carbonyl (C=O) groups is 2. The molecule has 2 aliphatic heterocycles. The Morgan fingerprint density at radius 1 is 0.612 bits per heavy atom. The number of pyridine rings is 4. The third-order valence-electron chi connectivity index (χ3n) is 14.8. The Hall–Kier alpha value is -8.10. The zero-order valence-corrected chi connectivity index (χ0v) is 50.3. The first kappa shape index (κ1) is 60.0. The molecule has 2 saturated heterocycles. The zero-order chi connectivity index (χ0) is 59.9. The number of nitrogens with zero attached hydrogens (tertiary/aromatic N) is 4. The van der Waals surface area contributed by atoms with E-state index in [9.17, 15) is 9.59 Å². The number of anilines is 8. The number of nitrogens with one attached hydrogen (secondary N) is 6. The average molecular weight is 1230 g/mol. The molecule has 10 rings (SSSR count). The summed E-state index contributed by atoms with van der Waals surface area (Å²) in [5.41, 5.74) is 6.00. The number of aromatic nitrogens is 4. The average Bonchev–Trinajstić information content (AvgIpc) is 2.07. The predicted octanol–water partition coefficient (Wildman–Crippen LogP) is 14.8. The smallest absolute Gasteiger partial charge is 0.247 e. The molecule has 0 radical (unpaired) electrons. The lowest BCUT2D eigenvalue weighted by molar-refractivity contribution is -0.112. The number of aryl methyl sites for hydroxylation is 2. The van der Waals surface area contributed by atoms with Crippen LogP contribution in [0.5, 0.6) is 23.0 Å². The van der Waals surface area contributed by atoms with E-state index in [4.69, 9.17) is 94.8 Å². The van der Waals surface area contributed by atoms with Crippen molar-refractivity contribution in [3.05, 3.63) is 142 Å². The van der Waals surface area contributed by atoms with Crippen molar-refractivity contribution < 1.29 is 38.0 Å². The summed E-state index contributed by atoms with van der Waals surface area (Å²) in [4.78, 5) is 44.7. The van der Waals surface area contributed by atoms with Gasteiger partial charge in [-0.2, -0.15) is 0 Å². The van der Waals surface area contributed by atoms with Gasteiger partial charge in [-0.3, -0.25) is 9.59 Å². The summed E-state index contributed by atoms with van der Waals surface area (Å²) < 4.78 is 35.9. The number of hydrogen-bond donors (Lipinski definition) is 6. The molecule has 440 valence electrons. The lowest BCUT2D eigenvalue weighted by atomic mass is 10.0. The van der Waals surface area contributed by atoms with Gasteiger partial charge in [0.1, 0.15) is 52.9 Å². The summed E-state index contributed by atoms with van der Waals surface area (Å²) in [5, 5.41) is 23.8. The molecule has 0 spiro atoms. The molecular weight excluding hydrogens is 1170 g/mol. The summed E-state index contributed by atoms with van der Waals surface area (Å²) in [5.74, 6) is 3.17. The molecule has 22 heteroatoms. The highest BCUT2D eigenvalue weighted by atomic mass is 35.5. The van der Waals surface area contributed by atoms with Crippen LogP contribution in [-0.4, -0.2) is 98.2 Å². The Labute approximate surface area is 511 Å². The molecular formula is C63H62Cl4N10O8. The largest absolute Gasteiger partial charge is 0.495 e. The third-order valence-corrected chi connectivity index (χ3v) is 16.3. The summed E-state index contributed by atoms with van der Waals surface area (Å²) in [6, 6.07) is 22.0. The Morgan fingerprint density at radius 3 is 1.55 bits per heavy atom. The van der Waals surface area contributed by atoms with E-state index in [1.54, 1.807) is 30.6 Å². The van der Waals surface area contributed by atoms with Gasteiger partial charge < -0.3 is 60.3 Å². The minimum atomic E-state index is -0.351. The fourth-order valence-electron chi connectivity index (χ4n) is 10.3. The normalized spacial score (nSPS) is 15.0. The molecule has 4 aromatic heterocycles. The quantitative estimate of drug-likeness (QED) is 0.0348. The number of para-hydroxylation sites is 2. The molecule has 0 aliphatic carbocycles. The van der Waals surface area contributed by atoms with Crippen molar-refractivity contribution in [2.24, 2.45) is 5.92 Å². The van der Waals surface area contributed by atoms with E-state index >= 15 is 0 Å². The molecule has 4 aromatic carbocycles. The molecule has 85 heavy (non-hydrogen) atoms. The molecule has 6 N–H and O–H groups in total. The van der Waals surface area contributed by atoms with Gasteiger partial charge in [-0.15, -0.1) is 0 Å². The van der Waals surface area contributed by atoms with Crippen LogP contribution in [0.1, 0.15) is 36.8 Å². The Bertz CT molecular complexity index is 3860. The van der Waals surface area contributed by atoms with Gasteiger partial charge in [0, 0.05) is 83.5 Å². The first-order chi connectivity index (χ1) is 41.2. The molecule has 6 heterocycles. The SMILES string of the molecule is C=CC(=O)Nc1cccc(C)c1Nc1cc2c(NCC3CCC(COc4cc(OC)c(Cl)c(-c5cc6cnc(Nc7c(C)cccc7NC(=O)C=C)cc6c(NCC6CCOCC6)n5)c4Cl)O3)nc(-c3c(Cl)c(OC)cc(OC)c3Cl)cc2cn1. The molecule has 2 atom stereocenters. The Morgan fingerprint density at radius 2 is 1.07 bits per heavy atom. The van der Waals surface area contributed by atoms with Gasteiger partial charge >= 0.3 is 0 Å². The topological polar surface area (TPSA) is 213 Å². The molecule has 0 bridgehead atoms. The van der Waals surface area contributed by atoms with E-state index in [-0.39, 0.29) is 50.7 Å². The van der Waals surface area contributed by atoms with Gasteiger partial charge in [0.15, 0.2) is 0 Å². The van der Waals surface area contributed by atoms with Gasteiger partial charge in [-0.1, -0.05) is 83.8 Å². The summed E-state index contributed by atoms with van der Waals surface area (Å²) in [6.07, 6.45) is 8.52. The van der Waals surface area contributed by atoms with Gasteiger partial charge in [0.25, 0.3) is 0 Å². The van der Waals surface area contributed by atoms with Gasteiger partial charge in [-0.25, -0.2) is 19.9 Å². The second kappa shape index (κ2) is 26.9. The first-order valence-electron chi connectivity index (χ1n) is 27.4. The van der Waals surface area contributed by atoms with Crippen molar-refractivity contribution in [3.8, 4) is 45.5 Å². The van der Waals surface area contributed by atoms with E-state index in [0.717, 1.165) is 45.5 Å². The Kier molecular flexibility index (Phi) is 19.0. The predicted molar refractivity (Wildman–Crippen MR) is 340 cm³/mol. The van der Waals surface area contributed by atoms with Crippen molar-refractivity contribution in [3.63, 3.8) is 0 Å². The lowest BCUT2D eigenvalue weighted by Crippen LogP contribution is -2.24. The van der Waals surface area contributed by atoms with Crippen LogP contribution in [0.3, 0.4) is 0 Å². The molecule has 18 nitrogen and oxygen atoms in total. The second-order valence-electron chi connectivity index (χ2n) is 20.4. The van der Waals surface area contributed by atoms with Crippen LogP contribution in [-0.2, 0) is 19.1 Å². The standard InChI is InChI=1S/C63H62Cl4N10O8/c1-8-52(78)72-42-14-10-12-33(3)60(42)76-50-24-40-36(29-68-50)23-45(74-62(40)70-28-35-18-20-83-21-19-35)55-58(66)48(82-7)27-49(59(55)67)84-32-39-17-16-38(85-39)31-71-63-41-25-51(77-61-34(4)13-11-15-43(61)73-53(79)9-2)69-30-37(41)22-44(75-63)54-56(64)46(80-5)26-47(81-6)57(54)65/h8-15,22-27,29-30,35,38-39H,1-2,16-21,28,31-32H2,3-7H3,(H,68,76)(H,69,77)(H,70,74)(H,71,75)(H,72,78)(H,73,79). The number of halogens is 4. The van der Waals surface area contributed by atoms with Crippen LogP contribution in [0.25, 0.3) is 44.1 Å². The van der Waals surface area contributed by atoms with Crippen LogP contribution in [0.15, 0.2) is 111 Å². The number of hydrogen-bond acceptors (Lipinski definition) is 16. The summed E-state index contributed by atoms with van der Waals surface area (Å²) in [6.45, 7) is 13.6. The number of ether oxygens (including phenoxy) is 6. The van der Waals surface area contributed by atoms with Crippen LogP contribution < -0.4 is 50.8 Å². The van der Waals surface area contributed by atoms with E-state index in [0.29, 0.717) is 137 Å². The minimum absolute atomic E-state index is 0.156. The Balaban J connectivity index is 0.910. The van der Waals surface area contributed by atoms with Crippen molar-refractivity contribution in [1.82, 2.24) is 19.9 Å². The fraction of sp³-hybridized carbons (Fsp3) is 0.270. The second-order valence-corrected chi connectivity index (χ2v) is 21.9. The van der Waals surface area contributed by atoms with Gasteiger partial charge in [0.2, 0.25) is 11.8 Å². The van der Waals surface area contributed by atoms with Crippen molar-refractivity contribution in [2.75, 3.05) is 86.1 Å². The molecule has 0 saturated carbocycles. The van der Waals surface area contributed by atoms with Crippen LogP contribution >= 0.6 is 46.4 Å². The molecule has 2 fully saturated rings. The van der Waals surface area contributed by atoms with E-state index in [1.807, 2.05) is 68.4 Å². The van der Waals surface area contributed by atoms with E-state index in [2.05, 4.69) is 45.1 Å². The highest BCUT2D eigenvalue weighted by molar-refractivity contribution is 6.42. The van der Waals surface area contributed by atoms with Gasteiger partial charge in [0.05, 0.1) is 87.8 Å². The highest BCUT2D eigenvalue weighted by Gasteiger charge is 2.29. The maximum Gasteiger partial charge on any atom is 0.247 e. The number of methoxy groups -OCH3 is 3. The van der Waals surface area contributed by atoms with Crippen molar-refractivity contribution in [1.29, 1.82) is 0 Å². The maximum atomic E-state index is 12.4. The van der Waals surface area contributed by atoms with Crippen LogP contribution in [0.4, 0.5) is 46.0 Å². The molecule has 2 unspecified atom stereocenters. The molecule has 2 aliphatic rings. The summed E-state index contributed by atoms with van der Waals surface area (Å²) >= 11 is 28.4. The number of amides is 2. The van der Waals surface area contributed by atoms with Crippen LogP contribution in [0, 0.1) is 19.8 Å². The fourth-order valence-corrected chi connectivity index (χ4v) is 11.6. The first-order valence-corrected chi connectivity index (χ1v) is 28.9. The highest BCUT2D eigenvalue weighted by Crippen LogP contribution is 2.49. The maximum absolute atomic E-state index is 12.4. The minimum Gasteiger partial charge on any atom is -0.495 e. The number of fused-ring (bicyclic) bond motifs is 2. The van der Waals surface area contributed by atoms with E-state index < -0.39 is 0 Å². The van der Waals surface area contributed by atoms with Crippen molar-refractivity contribution >= 4 is 126 Å². The van der Waals surface area contributed by atoms with Crippen molar-refractivity contribution in [2.45, 2.75) is 51.7 Å². The zero-order valence-electron chi connectivity index (χ0n) is 47.3. The number of rotatable bonds is 22. The van der Waals surface area contributed by atoms with E-state index in [1.165, 1.54) is 33.5 Å². The molecule has 8 aromatic rings. The lowest BCUT2D eigenvalue weighted by Gasteiger charge is -2.23. The number of carbonyl (C=O) groups excluding carboxylic acids is 2. The third kappa shape index (κ3) is 13.4. The summed E-state index contributed by atoms with van der Waals surface area (Å²) in [7, 11) is 4.55.